The molecule has 10 heteroatoms. The lowest BCUT2D eigenvalue weighted by atomic mass is 10.2. The summed E-state index contributed by atoms with van der Waals surface area (Å²) < 4.78 is 0. The zero-order chi connectivity index (χ0) is 25.8. The maximum Gasteiger partial charge on any atom is 0.290 e. The lowest BCUT2D eigenvalue weighted by molar-refractivity contribution is -0.115. The Bertz CT molecular complexity index is 1310. The third-order valence-electron chi connectivity index (χ3n) is 6.42. The largest absolute Gasteiger partial charge is 0.368 e. The second-order valence-corrected chi connectivity index (χ2v) is 10.1. The van der Waals surface area contributed by atoms with E-state index in [0.717, 1.165) is 62.4 Å². The van der Waals surface area contributed by atoms with Crippen LogP contribution in [0.5, 0.6) is 0 Å². The molecule has 2 aliphatic heterocycles. The fraction of sp³-hybridized carbons (Fsp3) is 0.296. The molecule has 0 spiro atoms. The van der Waals surface area contributed by atoms with E-state index in [0.29, 0.717) is 16.5 Å². The maximum atomic E-state index is 12.1. The van der Waals surface area contributed by atoms with Crippen molar-refractivity contribution in [1.29, 1.82) is 0 Å². The Morgan fingerprint density at radius 2 is 1.78 bits per heavy atom. The Hall–Kier alpha value is -3.92. The topological polar surface area (TPSA) is 94.6 Å². The fourth-order valence-electron chi connectivity index (χ4n) is 4.27. The van der Waals surface area contributed by atoms with E-state index in [4.69, 9.17) is 9.97 Å². The molecular weight excluding hydrogens is 486 g/mol. The van der Waals surface area contributed by atoms with Crippen molar-refractivity contribution < 1.29 is 9.59 Å². The van der Waals surface area contributed by atoms with Crippen molar-refractivity contribution >= 4 is 46.4 Å². The summed E-state index contributed by atoms with van der Waals surface area (Å²) in [6, 6.07) is 16.3. The number of benzene rings is 1. The van der Waals surface area contributed by atoms with Crippen LogP contribution in [-0.4, -0.2) is 65.9 Å². The van der Waals surface area contributed by atoms with Crippen molar-refractivity contribution in [3.8, 4) is 0 Å². The quantitative estimate of drug-likeness (QED) is 0.474. The molecule has 0 saturated carbocycles. The van der Waals surface area contributed by atoms with Crippen molar-refractivity contribution in [2.24, 2.45) is 0 Å². The minimum absolute atomic E-state index is 0.334. The Morgan fingerprint density at radius 3 is 2.46 bits per heavy atom. The molecule has 0 bridgehead atoms. The number of imide groups is 1. The van der Waals surface area contributed by atoms with Crippen molar-refractivity contribution in [3.05, 3.63) is 76.6 Å². The number of likely N-dealkylation sites (N-methyl/N-ethyl adjacent to an activating group) is 1. The SMILES string of the molecule is Cc1ccc(N2CCN(c3nc(/C=C4\SC(=O)NC4=O)cc(N(C)CCc4ccccn4)n3)CC2)cc1. The highest BCUT2D eigenvalue weighted by atomic mass is 32.2. The predicted octanol–water partition coefficient (Wildman–Crippen LogP) is 3.51. The van der Waals surface area contributed by atoms with E-state index >= 15 is 0 Å². The molecule has 1 N–H and O–H groups in total. The van der Waals surface area contributed by atoms with Gasteiger partial charge in [-0.3, -0.25) is 19.9 Å². The minimum Gasteiger partial charge on any atom is -0.368 e. The number of carbonyl (C=O) groups is 2. The first-order valence-electron chi connectivity index (χ1n) is 12.3. The number of amides is 2. The van der Waals surface area contributed by atoms with Crippen LogP contribution in [0.15, 0.2) is 59.6 Å². The van der Waals surface area contributed by atoms with Gasteiger partial charge < -0.3 is 14.7 Å². The smallest absolute Gasteiger partial charge is 0.290 e. The van der Waals surface area contributed by atoms with Crippen LogP contribution in [0.25, 0.3) is 6.08 Å². The van der Waals surface area contributed by atoms with Crippen molar-refractivity contribution in [2.75, 3.05) is 54.5 Å². The van der Waals surface area contributed by atoms with E-state index in [1.165, 1.54) is 11.3 Å². The number of thioether (sulfide) groups is 1. The van der Waals surface area contributed by atoms with Crippen LogP contribution in [0.1, 0.15) is 17.0 Å². The van der Waals surface area contributed by atoms with Crippen molar-refractivity contribution in [1.82, 2.24) is 20.3 Å². The number of rotatable bonds is 7. The second-order valence-electron chi connectivity index (χ2n) is 9.11. The average molecular weight is 516 g/mol. The van der Waals surface area contributed by atoms with Crippen LogP contribution in [0.2, 0.25) is 0 Å². The molecule has 0 aliphatic carbocycles. The van der Waals surface area contributed by atoms with Gasteiger partial charge in [-0.25, -0.2) is 4.98 Å². The summed E-state index contributed by atoms with van der Waals surface area (Å²) in [6.07, 6.45) is 4.23. The molecule has 0 unspecified atom stereocenters. The van der Waals surface area contributed by atoms with Gasteiger partial charge in [0.15, 0.2) is 0 Å². The molecule has 5 rings (SSSR count). The maximum absolute atomic E-state index is 12.1. The summed E-state index contributed by atoms with van der Waals surface area (Å²) in [7, 11) is 1.99. The van der Waals surface area contributed by atoms with Crippen LogP contribution >= 0.6 is 11.8 Å². The number of anilines is 3. The number of aromatic nitrogens is 3. The van der Waals surface area contributed by atoms with Crippen LogP contribution in [-0.2, 0) is 11.2 Å². The van der Waals surface area contributed by atoms with E-state index in [1.54, 1.807) is 12.3 Å². The number of nitrogens with zero attached hydrogens (tertiary/aromatic N) is 6. The number of nitrogens with one attached hydrogen (secondary N) is 1. The zero-order valence-electron chi connectivity index (χ0n) is 20.9. The monoisotopic (exact) mass is 515 g/mol. The van der Waals surface area contributed by atoms with E-state index in [2.05, 4.69) is 56.2 Å². The molecular formula is C27H29N7O2S. The van der Waals surface area contributed by atoms with Crippen LogP contribution in [0, 0.1) is 6.92 Å². The first kappa shape index (κ1) is 24.8. The zero-order valence-corrected chi connectivity index (χ0v) is 21.7. The molecule has 190 valence electrons. The number of aryl methyl sites for hydroxylation is 1. The third-order valence-corrected chi connectivity index (χ3v) is 7.23. The third kappa shape index (κ3) is 6.08. The van der Waals surface area contributed by atoms with Gasteiger partial charge in [-0.15, -0.1) is 0 Å². The molecule has 2 saturated heterocycles. The standard InChI is InChI=1S/C27H29N7O2S/c1-19-6-8-22(9-7-19)33-13-15-34(16-14-33)26-29-21(17-23-25(35)31-27(36)37-23)18-24(30-26)32(2)12-10-20-5-3-4-11-28-20/h3-9,11,17-18H,10,12-16H2,1-2H3,(H,31,35,36)/b23-17-. The first-order chi connectivity index (χ1) is 17.9. The molecule has 2 aromatic heterocycles. The highest BCUT2D eigenvalue weighted by Gasteiger charge is 2.26. The highest BCUT2D eigenvalue weighted by molar-refractivity contribution is 8.18. The molecule has 1 aromatic carbocycles. The highest BCUT2D eigenvalue weighted by Crippen LogP contribution is 2.27. The number of hydrogen-bond donors (Lipinski definition) is 1. The molecule has 2 fully saturated rings. The molecule has 0 atom stereocenters. The summed E-state index contributed by atoms with van der Waals surface area (Å²) in [6.45, 7) is 6.08. The Kier molecular flexibility index (Phi) is 7.36. The van der Waals surface area contributed by atoms with E-state index in [9.17, 15) is 9.59 Å². The number of carbonyl (C=O) groups excluding carboxylic acids is 2. The molecule has 2 aliphatic rings. The lowest BCUT2D eigenvalue weighted by Gasteiger charge is -2.36. The van der Waals surface area contributed by atoms with Crippen molar-refractivity contribution in [2.45, 2.75) is 13.3 Å². The van der Waals surface area contributed by atoms with Crippen LogP contribution in [0.4, 0.5) is 22.2 Å². The summed E-state index contributed by atoms with van der Waals surface area (Å²) in [5.74, 6) is 0.975. The van der Waals surface area contributed by atoms with Gasteiger partial charge in [0.2, 0.25) is 5.95 Å². The lowest BCUT2D eigenvalue weighted by Crippen LogP contribution is -2.47. The van der Waals surface area contributed by atoms with Crippen LogP contribution < -0.4 is 20.0 Å². The van der Waals surface area contributed by atoms with E-state index in [1.807, 2.05) is 31.3 Å². The number of pyridine rings is 1. The second kappa shape index (κ2) is 11.0. The summed E-state index contributed by atoms with van der Waals surface area (Å²) in [4.78, 5) is 44.8. The van der Waals surface area contributed by atoms with Crippen LogP contribution in [0.3, 0.4) is 0 Å². The van der Waals surface area contributed by atoms with Gasteiger partial charge in [-0.1, -0.05) is 23.8 Å². The Morgan fingerprint density at radius 1 is 1.03 bits per heavy atom. The van der Waals surface area contributed by atoms with E-state index in [-0.39, 0.29) is 5.24 Å². The summed E-state index contributed by atoms with van der Waals surface area (Å²) in [5, 5.41) is 1.93. The number of piperazine rings is 1. The Labute approximate surface area is 220 Å². The molecule has 37 heavy (non-hydrogen) atoms. The summed E-state index contributed by atoms with van der Waals surface area (Å²) in [5.41, 5.74) is 4.07. The van der Waals surface area contributed by atoms with Gasteiger partial charge in [0.25, 0.3) is 11.1 Å². The molecule has 2 amide bonds. The molecule has 9 nitrogen and oxygen atoms in total. The summed E-state index contributed by atoms with van der Waals surface area (Å²) >= 11 is 0.890. The Balaban J connectivity index is 1.37. The average Bonchev–Trinajstić information content (AvgIpc) is 3.24. The van der Waals surface area contributed by atoms with Gasteiger partial charge in [0, 0.05) is 69.8 Å². The van der Waals surface area contributed by atoms with Gasteiger partial charge in [-0.05, 0) is 49.0 Å². The van der Waals surface area contributed by atoms with Gasteiger partial charge in [0.1, 0.15) is 5.82 Å². The molecule has 3 aromatic rings. The predicted molar refractivity (Wildman–Crippen MR) is 148 cm³/mol. The fourth-order valence-corrected chi connectivity index (χ4v) is 4.94. The van der Waals surface area contributed by atoms with Gasteiger partial charge in [-0.2, -0.15) is 4.98 Å². The minimum atomic E-state index is -0.396. The normalized spacial score (nSPS) is 16.9. The molecule has 0 radical (unpaired) electrons. The van der Waals surface area contributed by atoms with Gasteiger partial charge >= 0.3 is 0 Å². The van der Waals surface area contributed by atoms with E-state index < -0.39 is 5.91 Å². The molecule has 4 heterocycles. The number of hydrogen-bond acceptors (Lipinski definition) is 9. The first-order valence-corrected chi connectivity index (χ1v) is 13.1. The van der Waals surface area contributed by atoms with Gasteiger partial charge in [0.05, 0.1) is 10.6 Å². The van der Waals surface area contributed by atoms with Crippen molar-refractivity contribution in [3.63, 3.8) is 0 Å².